The summed E-state index contributed by atoms with van der Waals surface area (Å²) in [6, 6.07) is 9.85. The largest absolute Gasteiger partial charge is 0.459 e. The van der Waals surface area contributed by atoms with E-state index in [2.05, 4.69) is 19.9 Å². The third-order valence-corrected chi connectivity index (χ3v) is 9.26. The van der Waals surface area contributed by atoms with Gasteiger partial charge in [-0.2, -0.15) is 0 Å². The first-order chi connectivity index (χ1) is 14.9. The Bertz CT molecular complexity index is 929. The molecule has 0 unspecified atom stereocenters. The molecule has 0 N–H and O–H groups in total. The molecule has 5 rings (SSSR count). The van der Waals surface area contributed by atoms with Gasteiger partial charge in [-0.05, 0) is 73.3 Å². The van der Waals surface area contributed by atoms with E-state index in [0.29, 0.717) is 23.5 Å². The molecule has 4 aliphatic carbocycles. The predicted molar refractivity (Wildman–Crippen MR) is 122 cm³/mol. The number of benzene rings is 1. The highest BCUT2D eigenvalue weighted by Gasteiger charge is 2.58. The number of carbonyl (C=O) groups is 2. The van der Waals surface area contributed by atoms with Crippen LogP contribution in [0.15, 0.2) is 48.1 Å². The van der Waals surface area contributed by atoms with E-state index in [-0.39, 0.29) is 22.9 Å². The van der Waals surface area contributed by atoms with Gasteiger partial charge in [-0.25, -0.2) is 4.79 Å². The van der Waals surface area contributed by atoms with E-state index in [4.69, 9.17) is 4.74 Å². The van der Waals surface area contributed by atoms with Crippen LogP contribution < -0.4 is 0 Å². The van der Waals surface area contributed by atoms with Gasteiger partial charge in [0.1, 0.15) is 11.9 Å². The van der Waals surface area contributed by atoms with Gasteiger partial charge in [-0.15, -0.1) is 0 Å². The zero-order valence-electron chi connectivity index (χ0n) is 18.8. The van der Waals surface area contributed by atoms with Crippen molar-refractivity contribution in [2.75, 3.05) is 0 Å². The van der Waals surface area contributed by atoms with Crippen LogP contribution in [0, 0.1) is 28.6 Å². The van der Waals surface area contributed by atoms with E-state index in [1.165, 1.54) is 12.0 Å². The quantitative estimate of drug-likeness (QED) is 0.336. The summed E-state index contributed by atoms with van der Waals surface area (Å²) in [6.07, 6.45) is 13.9. The zero-order valence-corrected chi connectivity index (χ0v) is 18.8. The smallest absolute Gasteiger partial charge is 0.331 e. The maximum absolute atomic E-state index is 12.6. The Hall–Kier alpha value is -2.16. The number of rotatable bonds is 3. The highest BCUT2D eigenvalue weighted by atomic mass is 16.5. The molecule has 0 radical (unpaired) electrons. The third-order valence-electron chi connectivity index (χ3n) is 9.26. The Morgan fingerprint density at radius 3 is 2.58 bits per heavy atom. The van der Waals surface area contributed by atoms with Crippen molar-refractivity contribution < 1.29 is 14.3 Å². The van der Waals surface area contributed by atoms with Crippen molar-refractivity contribution in [3.63, 3.8) is 0 Å². The van der Waals surface area contributed by atoms with Crippen molar-refractivity contribution >= 4 is 17.8 Å². The molecule has 3 saturated carbocycles. The molecule has 6 atom stereocenters. The second kappa shape index (κ2) is 7.76. The average Bonchev–Trinajstić information content (AvgIpc) is 3.08. The Morgan fingerprint density at radius 2 is 1.77 bits per heavy atom. The molecule has 0 saturated heterocycles. The molecule has 164 valence electrons. The summed E-state index contributed by atoms with van der Waals surface area (Å²) in [5.74, 6) is 2.14. The molecule has 3 fully saturated rings. The fraction of sp³-hybridized carbons (Fsp3) is 0.571. The molecule has 0 aromatic heterocycles. The van der Waals surface area contributed by atoms with Gasteiger partial charge in [-0.1, -0.05) is 55.8 Å². The summed E-state index contributed by atoms with van der Waals surface area (Å²) in [5, 5.41) is 0. The lowest BCUT2D eigenvalue weighted by atomic mass is 9.48. The van der Waals surface area contributed by atoms with Gasteiger partial charge in [0.2, 0.25) is 0 Å². The summed E-state index contributed by atoms with van der Waals surface area (Å²) in [7, 11) is 0. The van der Waals surface area contributed by atoms with E-state index >= 15 is 0 Å². The normalized spacial score (nSPS) is 39.4. The highest BCUT2D eigenvalue weighted by molar-refractivity contribution is 5.87. The molecule has 31 heavy (non-hydrogen) atoms. The molecular formula is C28H34O3. The van der Waals surface area contributed by atoms with Gasteiger partial charge in [-0.3, -0.25) is 4.79 Å². The standard InChI is InChI=1S/C28H34O3/c1-27-16-14-21(31-26(30)13-8-19-6-4-3-5-7-19)18-20(27)9-10-22-23-11-12-25(29)28(23,2)17-15-24(22)27/h3-9,13,21-24H,10-12,14-18H2,1-2H3/b13-8-/t21-,22+,23+,24+,27+,28+/m1/s1. The van der Waals surface area contributed by atoms with E-state index < -0.39 is 0 Å². The zero-order chi connectivity index (χ0) is 21.6. The molecule has 0 amide bonds. The SMILES string of the molecule is C[C@]12CC[C@@H](OC(=O)/C=C\c3ccccc3)CC1=CC[C@@H]1[C@@H]2CC[C@]2(C)C(=O)CC[C@@H]12. The Balaban J connectivity index is 1.26. The molecule has 3 heteroatoms. The van der Waals surface area contributed by atoms with Crippen LogP contribution in [0.5, 0.6) is 0 Å². The number of carbonyl (C=O) groups excluding carboxylic acids is 2. The Kier molecular flexibility index (Phi) is 5.19. The van der Waals surface area contributed by atoms with Crippen molar-refractivity contribution in [1.29, 1.82) is 0 Å². The minimum atomic E-state index is -0.246. The van der Waals surface area contributed by atoms with Gasteiger partial charge in [0.05, 0.1) is 0 Å². The maximum atomic E-state index is 12.6. The monoisotopic (exact) mass is 418 g/mol. The van der Waals surface area contributed by atoms with Gasteiger partial charge < -0.3 is 4.74 Å². The Labute approximate surface area is 185 Å². The summed E-state index contributed by atoms with van der Waals surface area (Å²) in [6.45, 7) is 4.69. The van der Waals surface area contributed by atoms with Crippen molar-refractivity contribution in [3.8, 4) is 0 Å². The summed E-state index contributed by atoms with van der Waals surface area (Å²) in [5.41, 5.74) is 2.64. The fourth-order valence-corrected chi connectivity index (χ4v) is 7.43. The first kappa shape index (κ1) is 20.7. The van der Waals surface area contributed by atoms with Crippen LogP contribution in [0.1, 0.15) is 70.8 Å². The van der Waals surface area contributed by atoms with Crippen LogP contribution in [0.2, 0.25) is 0 Å². The van der Waals surface area contributed by atoms with E-state index in [0.717, 1.165) is 50.5 Å². The van der Waals surface area contributed by atoms with Gasteiger partial charge in [0, 0.05) is 24.3 Å². The van der Waals surface area contributed by atoms with Gasteiger partial charge >= 0.3 is 5.97 Å². The summed E-state index contributed by atoms with van der Waals surface area (Å²) >= 11 is 0. The second-order valence-electron chi connectivity index (χ2n) is 10.7. The van der Waals surface area contributed by atoms with E-state index in [1.54, 1.807) is 6.08 Å². The van der Waals surface area contributed by atoms with Crippen LogP contribution in [-0.4, -0.2) is 17.9 Å². The third kappa shape index (κ3) is 3.50. The van der Waals surface area contributed by atoms with E-state index in [9.17, 15) is 9.59 Å². The van der Waals surface area contributed by atoms with E-state index in [1.807, 2.05) is 36.4 Å². The number of esters is 1. The molecule has 0 heterocycles. The maximum Gasteiger partial charge on any atom is 0.331 e. The fourth-order valence-electron chi connectivity index (χ4n) is 7.43. The number of fused-ring (bicyclic) bond motifs is 5. The lowest BCUT2D eigenvalue weighted by Crippen LogP contribution is -2.50. The summed E-state index contributed by atoms with van der Waals surface area (Å²) in [4.78, 5) is 25.0. The minimum absolute atomic E-state index is 0.0225. The number of Topliss-reactive ketones (excluding diaryl/α,β-unsaturated/α-hetero) is 1. The van der Waals surface area contributed by atoms with Crippen molar-refractivity contribution in [1.82, 2.24) is 0 Å². The molecule has 3 nitrogen and oxygen atoms in total. The van der Waals surface area contributed by atoms with Crippen LogP contribution in [-0.2, 0) is 14.3 Å². The van der Waals surface area contributed by atoms with Crippen LogP contribution in [0.4, 0.5) is 0 Å². The topological polar surface area (TPSA) is 43.4 Å². The average molecular weight is 419 g/mol. The number of hydrogen-bond acceptors (Lipinski definition) is 3. The van der Waals surface area contributed by atoms with Crippen molar-refractivity contribution in [2.45, 2.75) is 71.3 Å². The number of allylic oxidation sites excluding steroid dienone is 1. The number of ether oxygens (including phenoxy) is 1. The van der Waals surface area contributed by atoms with Gasteiger partial charge in [0.25, 0.3) is 0 Å². The molecule has 0 spiro atoms. The van der Waals surface area contributed by atoms with Crippen molar-refractivity contribution in [2.24, 2.45) is 28.6 Å². The lowest BCUT2D eigenvalue weighted by Gasteiger charge is -2.56. The number of ketones is 1. The van der Waals surface area contributed by atoms with Crippen LogP contribution in [0.3, 0.4) is 0 Å². The van der Waals surface area contributed by atoms with Crippen molar-refractivity contribution in [3.05, 3.63) is 53.6 Å². The molecule has 0 bridgehead atoms. The van der Waals surface area contributed by atoms with Gasteiger partial charge in [0.15, 0.2) is 0 Å². The minimum Gasteiger partial charge on any atom is -0.459 e. The van der Waals surface area contributed by atoms with Crippen LogP contribution in [0.25, 0.3) is 6.08 Å². The first-order valence-corrected chi connectivity index (χ1v) is 12.1. The number of hydrogen-bond donors (Lipinski definition) is 0. The first-order valence-electron chi connectivity index (χ1n) is 12.1. The molecular weight excluding hydrogens is 384 g/mol. The predicted octanol–water partition coefficient (Wildman–Crippen LogP) is 6.14. The Morgan fingerprint density at radius 1 is 1.03 bits per heavy atom. The molecule has 1 aromatic rings. The van der Waals surface area contributed by atoms with Crippen LogP contribution >= 0.6 is 0 Å². The summed E-state index contributed by atoms with van der Waals surface area (Å²) < 4.78 is 5.83. The lowest BCUT2D eigenvalue weighted by molar-refractivity contribution is -0.145. The highest BCUT2D eigenvalue weighted by Crippen LogP contribution is 2.64. The molecule has 1 aromatic carbocycles. The molecule has 4 aliphatic rings. The molecule has 0 aliphatic heterocycles. The second-order valence-corrected chi connectivity index (χ2v) is 10.7.